The summed E-state index contributed by atoms with van der Waals surface area (Å²) in [5.74, 6) is 0.0940. The first kappa shape index (κ1) is 24.8. The minimum absolute atomic E-state index is 0.0759. The van der Waals surface area contributed by atoms with Crippen molar-refractivity contribution in [1.82, 2.24) is 9.47 Å². The lowest BCUT2D eigenvalue weighted by molar-refractivity contribution is -0.135. The number of benzene rings is 3. The Hall–Kier alpha value is -3.30. The number of carbonyl (C=O) groups is 1. The Morgan fingerprint density at radius 1 is 0.829 bits per heavy atom. The van der Waals surface area contributed by atoms with E-state index in [2.05, 4.69) is 78.9 Å². The molecule has 4 heteroatoms. The molecule has 4 aromatic rings. The molecule has 0 bridgehead atoms. The van der Waals surface area contributed by atoms with Crippen molar-refractivity contribution >= 4 is 17.5 Å². The molecular weight excluding hydrogens is 452 g/mol. The Labute approximate surface area is 214 Å². The monoisotopic (exact) mass is 484 g/mol. The summed E-state index contributed by atoms with van der Waals surface area (Å²) in [5, 5.41) is 0.731. The van der Waals surface area contributed by atoms with Gasteiger partial charge >= 0.3 is 0 Å². The molecule has 1 heterocycles. The van der Waals surface area contributed by atoms with Crippen LogP contribution in [-0.4, -0.2) is 21.4 Å². The predicted molar refractivity (Wildman–Crippen MR) is 145 cm³/mol. The SMILES string of the molecule is CC(C)C(C)N(Cc1cccn1Cc1cccc(Cl)c1)C(=O)C(c1ccccc1)c1ccccc1. The van der Waals surface area contributed by atoms with E-state index in [1.807, 2.05) is 54.6 Å². The van der Waals surface area contributed by atoms with Crippen LogP contribution in [0.15, 0.2) is 103 Å². The van der Waals surface area contributed by atoms with E-state index in [0.29, 0.717) is 19.0 Å². The van der Waals surface area contributed by atoms with Crippen molar-refractivity contribution in [1.29, 1.82) is 0 Å². The molecule has 1 unspecified atom stereocenters. The molecule has 3 nitrogen and oxygen atoms in total. The molecule has 1 amide bonds. The van der Waals surface area contributed by atoms with Crippen molar-refractivity contribution in [3.05, 3.63) is 131 Å². The van der Waals surface area contributed by atoms with Crippen LogP contribution in [0.25, 0.3) is 0 Å². The van der Waals surface area contributed by atoms with Crippen molar-refractivity contribution in [3.63, 3.8) is 0 Å². The van der Waals surface area contributed by atoms with Crippen LogP contribution in [0.5, 0.6) is 0 Å². The van der Waals surface area contributed by atoms with Gasteiger partial charge in [-0.2, -0.15) is 0 Å². The highest BCUT2D eigenvalue weighted by Crippen LogP contribution is 2.30. The number of hydrogen-bond donors (Lipinski definition) is 0. The molecule has 1 atom stereocenters. The third-order valence-corrected chi connectivity index (χ3v) is 6.99. The summed E-state index contributed by atoms with van der Waals surface area (Å²) in [5.41, 5.74) is 4.26. The number of carbonyl (C=O) groups excluding carboxylic acids is 1. The van der Waals surface area contributed by atoms with E-state index in [4.69, 9.17) is 11.6 Å². The van der Waals surface area contributed by atoms with Crippen LogP contribution in [0.1, 0.15) is 49.1 Å². The normalized spacial score (nSPS) is 12.2. The van der Waals surface area contributed by atoms with Gasteiger partial charge in [0, 0.05) is 29.5 Å². The maximum Gasteiger partial charge on any atom is 0.235 e. The highest BCUT2D eigenvalue weighted by molar-refractivity contribution is 6.30. The van der Waals surface area contributed by atoms with Crippen molar-refractivity contribution in [2.24, 2.45) is 5.92 Å². The van der Waals surface area contributed by atoms with Crippen LogP contribution >= 0.6 is 11.6 Å². The molecule has 0 radical (unpaired) electrons. The van der Waals surface area contributed by atoms with Crippen molar-refractivity contribution in [2.45, 2.75) is 45.8 Å². The molecule has 0 aliphatic heterocycles. The standard InChI is InChI=1S/C31H33ClN2O/c1-23(2)24(3)34(22-29-18-11-19-33(29)21-25-12-10-17-28(32)20-25)31(35)30(26-13-6-4-7-14-26)27-15-8-5-9-16-27/h4-20,23-24,30H,21-22H2,1-3H3. The van der Waals surface area contributed by atoms with Crippen LogP contribution in [0, 0.1) is 5.92 Å². The molecule has 180 valence electrons. The zero-order valence-electron chi connectivity index (χ0n) is 20.6. The van der Waals surface area contributed by atoms with Gasteiger partial charge < -0.3 is 9.47 Å². The van der Waals surface area contributed by atoms with Gasteiger partial charge in [-0.1, -0.05) is 98.2 Å². The molecule has 0 aliphatic rings. The fourth-order valence-corrected chi connectivity index (χ4v) is 4.68. The summed E-state index contributed by atoms with van der Waals surface area (Å²) >= 11 is 6.22. The van der Waals surface area contributed by atoms with E-state index < -0.39 is 0 Å². The van der Waals surface area contributed by atoms with Crippen molar-refractivity contribution < 1.29 is 4.79 Å². The third-order valence-electron chi connectivity index (χ3n) is 6.75. The largest absolute Gasteiger partial charge is 0.345 e. The van der Waals surface area contributed by atoms with Gasteiger partial charge in [0.2, 0.25) is 5.91 Å². The molecule has 1 aromatic heterocycles. The second-order valence-electron chi connectivity index (χ2n) is 9.46. The smallest absolute Gasteiger partial charge is 0.235 e. The summed E-state index contributed by atoms with van der Waals surface area (Å²) in [6, 6.07) is 32.4. The summed E-state index contributed by atoms with van der Waals surface area (Å²) in [7, 11) is 0. The molecular formula is C31H33ClN2O. The lowest BCUT2D eigenvalue weighted by atomic mass is 9.89. The van der Waals surface area contributed by atoms with E-state index in [1.54, 1.807) is 0 Å². The van der Waals surface area contributed by atoms with E-state index in [9.17, 15) is 4.79 Å². The predicted octanol–water partition coefficient (Wildman–Crippen LogP) is 7.40. The van der Waals surface area contributed by atoms with E-state index in [-0.39, 0.29) is 17.9 Å². The molecule has 0 spiro atoms. The fourth-order valence-electron chi connectivity index (χ4n) is 4.47. The summed E-state index contributed by atoms with van der Waals surface area (Å²) in [4.78, 5) is 16.4. The van der Waals surface area contributed by atoms with Gasteiger partial charge in [-0.25, -0.2) is 0 Å². The average Bonchev–Trinajstić information content (AvgIpc) is 3.30. The van der Waals surface area contributed by atoms with Crippen molar-refractivity contribution in [3.8, 4) is 0 Å². The molecule has 3 aromatic carbocycles. The third kappa shape index (κ3) is 6.04. The maximum atomic E-state index is 14.3. The number of nitrogens with zero attached hydrogens (tertiary/aromatic N) is 2. The van der Waals surface area contributed by atoms with Gasteiger partial charge in [0.05, 0.1) is 12.5 Å². The highest BCUT2D eigenvalue weighted by atomic mass is 35.5. The number of rotatable bonds is 9. The van der Waals surface area contributed by atoms with Gasteiger partial charge in [0.25, 0.3) is 0 Å². The molecule has 0 aliphatic carbocycles. The first-order valence-electron chi connectivity index (χ1n) is 12.2. The molecule has 4 rings (SSSR count). The first-order valence-corrected chi connectivity index (χ1v) is 12.6. The molecule has 0 saturated heterocycles. The Kier molecular flexibility index (Phi) is 8.09. The summed E-state index contributed by atoms with van der Waals surface area (Å²) in [6.45, 7) is 7.76. The van der Waals surface area contributed by atoms with Crippen LogP contribution in [0.3, 0.4) is 0 Å². The Balaban J connectivity index is 1.68. The summed E-state index contributed by atoms with van der Waals surface area (Å²) < 4.78 is 2.21. The van der Waals surface area contributed by atoms with Crippen LogP contribution in [0.2, 0.25) is 5.02 Å². The number of aromatic nitrogens is 1. The maximum absolute atomic E-state index is 14.3. The second kappa shape index (κ2) is 11.4. The number of hydrogen-bond acceptors (Lipinski definition) is 1. The Bertz CT molecular complexity index is 1190. The van der Waals surface area contributed by atoms with Crippen LogP contribution in [0.4, 0.5) is 0 Å². The second-order valence-corrected chi connectivity index (χ2v) is 9.90. The fraction of sp³-hybridized carbons (Fsp3) is 0.258. The van der Waals surface area contributed by atoms with Crippen LogP contribution in [-0.2, 0) is 17.9 Å². The first-order chi connectivity index (χ1) is 16.9. The Morgan fingerprint density at radius 2 is 1.46 bits per heavy atom. The molecule has 35 heavy (non-hydrogen) atoms. The molecule has 0 N–H and O–H groups in total. The minimum Gasteiger partial charge on any atom is -0.345 e. The molecule has 0 fully saturated rings. The zero-order chi connectivity index (χ0) is 24.8. The minimum atomic E-state index is -0.352. The van der Waals surface area contributed by atoms with Crippen LogP contribution < -0.4 is 0 Å². The van der Waals surface area contributed by atoms with E-state index in [0.717, 1.165) is 27.4 Å². The van der Waals surface area contributed by atoms with Gasteiger partial charge in [0.1, 0.15) is 0 Å². The Morgan fingerprint density at radius 3 is 2.03 bits per heavy atom. The topological polar surface area (TPSA) is 25.2 Å². The quantitative estimate of drug-likeness (QED) is 0.243. The van der Waals surface area contributed by atoms with E-state index >= 15 is 0 Å². The lowest BCUT2D eigenvalue weighted by Crippen LogP contribution is -2.44. The highest BCUT2D eigenvalue weighted by Gasteiger charge is 2.31. The van der Waals surface area contributed by atoms with Crippen molar-refractivity contribution in [2.75, 3.05) is 0 Å². The number of amides is 1. The summed E-state index contributed by atoms with van der Waals surface area (Å²) in [6.07, 6.45) is 2.07. The number of halogens is 1. The average molecular weight is 485 g/mol. The molecule has 0 saturated carbocycles. The zero-order valence-corrected chi connectivity index (χ0v) is 21.4. The van der Waals surface area contributed by atoms with Gasteiger partial charge in [-0.3, -0.25) is 4.79 Å². The van der Waals surface area contributed by atoms with Gasteiger partial charge in [-0.15, -0.1) is 0 Å². The van der Waals surface area contributed by atoms with Gasteiger partial charge in [0.15, 0.2) is 0 Å². The lowest BCUT2D eigenvalue weighted by Gasteiger charge is -2.35. The van der Waals surface area contributed by atoms with Gasteiger partial charge in [-0.05, 0) is 53.8 Å². The van der Waals surface area contributed by atoms with E-state index in [1.165, 1.54) is 0 Å².